The third kappa shape index (κ3) is 0.965. The van der Waals surface area contributed by atoms with Crippen LogP contribution in [0.5, 0.6) is 0 Å². The first-order chi connectivity index (χ1) is 5.74. The average molecular weight is 164 g/mol. The van der Waals surface area contributed by atoms with E-state index in [0.29, 0.717) is 0 Å². The molecule has 0 amide bonds. The molecule has 1 heterocycles. The second kappa shape index (κ2) is 2.91. The van der Waals surface area contributed by atoms with Gasteiger partial charge in [0.05, 0.1) is 0 Å². The van der Waals surface area contributed by atoms with Gasteiger partial charge >= 0.3 is 0 Å². The second-order valence-electron chi connectivity index (χ2n) is 2.06. The number of hydrogen-bond acceptors (Lipinski definition) is 5. The standard InChI is InChI=1S/C7H4N2O3/c1-9-6(3-11)5(2-10)8-7(9)4-12/h8H,1H3. The Morgan fingerprint density at radius 2 is 1.83 bits per heavy atom. The van der Waals surface area contributed by atoms with Gasteiger partial charge in [-0.3, -0.25) is 0 Å². The first kappa shape index (κ1) is 8.05. The van der Waals surface area contributed by atoms with Gasteiger partial charge in [0, 0.05) is 7.05 Å². The Morgan fingerprint density at radius 1 is 1.17 bits per heavy atom. The van der Waals surface area contributed by atoms with E-state index in [-0.39, 0.29) is 17.2 Å². The molecule has 1 saturated heterocycles. The molecule has 0 radical (unpaired) electrons. The summed E-state index contributed by atoms with van der Waals surface area (Å²) in [5.41, 5.74) is -0.130. The van der Waals surface area contributed by atoms with Gasteiger partial charge in [0.25, 0.3) is 0 Å². The maximum atomic E-state index is 10.3. The number of nitrogens with one attached hydrogen (secondary N) is 1. The molecule has 12 heavy (non-hydrogen) atoms. The van der Waals surface area contributed by atoms with Crippen molar-refractivity contribution in [3.63, 3.8) is 0 Å². The van der Waals surface area contributed by atoms with Crippen LogP contribution in [-0.2, 0) is 14.4 Å². The Bertz CT molecular complexity index is 366. The van der Waals surface area contributed by atoms with Crippen LogP contribution in [0.15, 0.2) is 17.2 Å². The smallest absolute Gasteiger partial charge is 0.198 e. The summed E-state index contributed by atoms with van der Waals surface area (Å²) in [6, 6.07) is 0. The van der Waals surface area contributed by atoms with E-state index < -0.39 is 0 Å². The Hall–Kier alpha value is -2.05. The quantitative estimate of drug-likeness (QED) is 0.447. The van der Waals surface area contributed by atoms with Crippen molar-refractivity contribution in [3.8, 4) is 0 Å². The van der Waals surface area contributed by atoms with E-state index in [2.05, 4.69) is 5.32 Å². The van der Waals surface area contributed by atoms with Gasteiger partial charge in [-0.05, 0) is 0 Å². The Balaban J connectivity index is 3.30. The lowest BCUT2D eigenvalue weighted by Crippen LogP contribution is -2.13. The van der Waals surface area contributed by atoms with E-state index in [1.807, 2.05) is 0 Å². The van der Waals surface area contributed by atoms with Gasteiger partial charge < -0.3 is 10.2 Å². The fourth-order valence-electron chi connectivity index (χ4n) is 0.828. The Labute approximate surface area is 67.6 Å². The number of likely N-dealkylation sites (N-methyl/N-ethyl adjacent to an activating group) is 1. The van der Waals surface area contributed by atoms with Gasteiger partial charge in [0.15, 0.2) is 35.0 Å². The van der Waals surface area contributed by atoms with Crippen molar-refractivity contribution in [2.45, 2.75) is 0 Å². The maximum absolute atomic E-state index is 10.3. The summed E-state index contributed by atoms with van der Waals surface area (Å²) in [6.45, 7) is 0. The molecule has 0 saturated carbocycles. The van der Waals surface area contributed by atoms with Gasteiger partial charge in [0.2, 0.25) is 0 Å². The highest BCUT2D eigenvalue weighted by Gasteiger charge is 2.26. The highest BCUT2D eigenvalue weighted by molar-refractivity contribution is 5.75. The first-order valence-corrected chi connectivity index (χ1v) is 3.01. The van der Waals surface area contributed by atoms with Gasteiger partial charge in [-0.25, -0.2) is 14.4 Å². The largest absolute Gasteiger partial charge is 0.321 e. The highest BCUT2D eigenvalue weighted by Crippen LogP contribution is 2.17. The Morgan fingerprint density at radius 3 is 2.17 bits per heavy atom. The molecule has 1 rings (SSSR count). The van der Waals surface area contributed by atoms with Crippen molar-refractivity contribution >= 4 is 17.8 Å². The van der Waals surface area contributed by atoms with Crippen molar-refractivity contribution in [1.82, 2.24) is 10.2 Å². The molecule has 0 aromatic rings. The molecule has 0 atom stereocenters. The molecule has 0 unspecified atom stereocenters. The summed E-state index contributed by atoms with van der Waals surface area (Å²) < 4.78 is 0. The van der Waals surface area contributed by atoms with Crippen LogP contribution in [0.2, 0.25) is 0 Å². The zero-order valence-electron chi connectivity index (χ0n) is 6.17. The summed E-state index contributed by atoms with van der Waals surface area (Å²) in [6.07, 6.45) is 0. The van der Waals surface area contributed by atoms with E-state index in [1.54, 1.807) is 0 Å². The van der Waals surface area contributed by atoms with Crippen LogP contribution in [0.1, 0.15) is 0 Å². The molecule has 1 fully saturated rings. The van der Waals surface area contributed by atoms with Gasteiger partial charge in [-0.15, -0.1) is 0 Å². The first-order valence-electron chi connectivity index (χ1n) is 3.01. The van der Waals surface area contributed by atoms with Crippen molar-refractivity contribution in [3.05, 3.63) is 17.2 Å². The molecule has 5 heteroatoms. The average Bonchev–Trinajstić information content (AvgIpc) is 2.41. The van der Waals surface area contributed by atoms with Crippen LogP contribution in [0.4, 0.5) is 0 Å². The molecule has 1 aliphatic rings. The molecule has 1 aliphatic heterocycles. The molecule has 0 aliphatic carbocycles. The molecule has 0 bridgehead atoms. The van der Waals surface area contributed by atoms with Crippen molar-refractivity contribution < 1.29 is 14.4 Å². The van der Waals surface area contributed by atoms with Crippen LogP contribution < -0.4 is 5.32 Å². The van der Waals surface area contributed by atoms with Crippen LogP contribution in [0, 0.1) is 0 Å². The molecule has 1 N–H and O–H groups in total. The third-order valence-electron chi connectivity index (χ3n) is 1.45. The van der Waals surface area contributed by atoms with Crippen LogP contribution in [0.25, 0.3) is 0 Å². The lowest BCUT2D eigenvalue weighted by atomic mass is 10.4. The monoisotopic (exact) mass is 164 g/mol. The van der Waals surface area contributed by atoms with Gasteiger partial charge in [-0.1, -0.05) is 0 Å². The van der Waals surface area contributed by atoms with Crippen molar-refractivity contribution in [2.24, 2.45) is 0 Å². The minimum absolute atomic E-state index is 0.00620. The summed E-state index contributed by atoms with van der Waals surface area (Å²) in [4.78, 5) is 31.8. The summed E-state index contributed by atoms with van der Waals surface area (Å²) >= 11 is 0. The summed E-state index contributed by atoms with van der Waals surface area (Å²) in [5, 5.41) is 2.35. The molecule has 5 nitrogen and oxygen atoms in total. The lowest BCUT2D eigenvalue weighted by Gasteiger charge is -2.04. The van der Waals surface area contributed by atoms with E-state index in [4.69, 9.17) is 0 Å². The van der Waals surface area contributed by atoms with Crippen LogP contribution >= 0.6 is 0 Å². The van der Waals surface area contributed by atoms with Crippen molar-refractivity contribution in [2.75, 3.05) is 7.05 Å². The molecule has 0 spiro atoms. The molecule has 0 aromatic heterocycles. The molecule has 60 valence electrons. The minimum Gasteiger partial charge on any atom is -0.321 e. The predicted octanol–water partition coefficient (Wildman–Crippen LogP) is -1.37. The molecule has 0 aromatic carbocycles. The lowest BCUT2D eigenvalue weighted by molar-refractivity contribution is 0.521. The number of carbonyl (C=O) groups excluding carboxylic acids is 3. The number of nitrogens with zero attached hydrogens (tertiary/aromatic N) is 1. The fraction of sp³-hybridized carbons (Fsp3) is 0.143. The SMILES string of the molecule is CN1C(=C=O)NC(=C=O)C1=C=O. The summed E-state index contributed by atoms with van der Waals surface area (Å²) in [7, 11) is 1.44. The zero-order chi connectivity index (χ0) is 9.14. The fourth-order valence-corrected chi connectivity index (χ4v) is 0.828. The topological polar surface area (TPSA) is 66.5 Å². The highest BCUT2D eigenvalue weighted by atomic mass is 16.1. The number of hydrogen-bond donors (Lipinski definition) is 1. The van der Waals surface area contributed by atoms with E-state index in [1.165, 1.54) is 29.8 Å². The predicted molar refractivity (Wildman–Crippen MR) is 38.5 cm³/mol. The van der Waals surface area contributed by atoms with Gasteiger partial charge in [0.1, 0.15) is 0 Å². The molecular formula is C7H4N2O3. The minimum atomic E-state index is -0.0918. The number of rotatable bonds is 0. The van der Waals surface area contributed by atoms with Crippen molar-refractivity contribution in [1.29, 1.82) is 0 Å². The summed E-state index contributed by atoms with van der Waals surface area (Å²) in [5.74, 6) is 4.51. The Kier molecular flexibility index (Phi) is 1.95. The molecular weight excluding hydrogens is 160 g/mol. The van der Waals surface area contributed by atoms with Crippen LogP contribution in [0.3, 0.4) is 0 Å². The zero-order valence-corrected chi connectivity index (χ0v) is 6.17. The second-order valence-corrected chi connectivity index (χ2v) is 2.06. The normalized spacial score (nSPS) is 15.1. The van der Waals surface area contributed by atoms with E-state index in [0.717, 1.165) is 0 Å². The third-order valence-corrected chi connectivity index (χ3v) is 1.45. The maximum Gasteiger partial charge on any atom is 0.198 e. The van der Waals surface area contributed by atoms with E-state index in [9.17, 15) is 14.4 Å². The van der Waals surface area contributed by atoms with Gasteiger partial charge in [-0.2, -0.15) is 0 Å². The van der Waals surface area contributed by atoms with Crippen LogP contribution in [-0.4, -0.2) is 29.8 Å². The van der Waals surface area contributed by atoms with E-state index >= 15 is 0 Å².